The van der Waals surface area contributed by atoms with Gasteiger partial charge in [0.05, 0.1) is 6.42 Å². The van der Waals surface area contributed by atoms with Crippen LogP contribution in [0.25, 0.3) is 0 Å². The molecule has 130 valence electrons. The van der Waals surface area contributed by atoms with E-state index < -0.39 is 0 Å². The lowest BCUT2D eigenvalue weighted by molar-refractivity contribution is 0.0850. The van der Waals surface area contributed by atoms with E-state index in [0.717, 1.165) is 30.4 Å². The highest BCUT2D eigenvalue weighted by Crippen LogP contribution is 2.21. The number of nitrogens with zero attached hydrogens (tertiary/aromatic N) is 2. The van der Waals surface area contributed by atoms with Crippen molar-refractivity contribution in [2.75, 3.05) is 20.1 Å². The second-order valence-corrected chi connectivity index (χ2v) is 7.39. The van der Waals surface area contributed by atoms with Crippen molar-refractivity contribution >= 4 is 27.5 Å². The van der Waals surface area contributed by atoms with Gasteiger partial charge >= 0.3 is 0 Å². The number of hydrogen-bond donors (Lipinski definition) is 0. The van der Waals surface area contributed by atoms with E-state index in [4.69, 9.17) is 0 Å². The molecule has 25 heavy (non-hydrogen) atoms. The summed E-state index contributed by atoms with van der Waals surface area (Å²) in [6.45, 7) is 1.88. The average Bonchev–Trinajstić information content (AvgIpc) is 2.62. The van der Waals surface area contributed by atoms with E-state index in [1.54, 1.807) is 18.2 Å². The van der Waals surface area contributed by atoms with E-state index in [1.807, 2.05) is 24.3 Å². The zero-order chi connectivity index (χ0) is 17.8. The largest absolute Gasteiger partial charge is 0.306 e. The number of ketones is 2. The lowest BCUT2D eigenvalue weighted by Crippen LogP contribution is -2.33. The van der Waals surface area contributed by atoms with Crippen LogP contribution in [0.3, 0.4) is 0 Å². The number of piperidine rings is 1. The summed E-state index contributed by atoms with van der Waals surface area (Å²) in [5.41, 5.74) is 1.75. The molecular formula is C20H21BrN2O2. The molecule has 0 spiro atoms. The van der Waals surface area contributed by atoms with Gasteiger partial charge < -0.3 is 4.90 Å². The topological polar surface area (TPSA) is 50.3 Å². The highest BCUT2D eigenvalue weighted by Gasteiger charge is 2.25. The minimum Gasteiger partial charge on any atom is -0.306 e. The van der Waals surface area contributed by atoms with Gasteiger partial charge in [0.1, 0.15) is 5.69 Å². The molecule has 1 fully saturated rings. The molecule has 2 heterocycles. The van der Waals surface area contributed by atoms with E-state index >= 15 is 0 Å². The first kappa shape index (κ1) is 18.0. The molecule has 0 saturated carbocycles. The Morgan fingerprint density at radius 2 is 1.84 bits per heavy atom. The van der Waals surface area contributed by atoms with Gasteiger partial charge in [-0.2, -0.15) is 0 Å². The van der Waals surface area contributed by atoms with E-state index in [1.165, 1.54) is 0 Å². The number of carbonyl (C=O) groups is 2. The fourth-order valence-corrected chi connectivity index (χ4v) is 3.65. The summed E-state index contributed by atoms with van der Waals surface area (Å²) in [6.07, 6.45) is 1.94. The molecule has 1 saturated heterocycles. The van der Waals surface area contributed by atoms with Gasteiger partial charge in [-0.3, -0.25) is 9.59 Å². The molecule has 0 unspecified atom stereocenters. The lowest BCUT2D eigenvalue weighted by atomic mass is 9.91. The second kappa shape index (κ2) is 8.02. The van der Waals surface area contributed by atoms with Gasteiger partial charge in [-0.05, 0) is 51.2 Å². The SMILES string of the molecule is CN1CCC(C(=O)c2cccc(CC(=O)c3ccccc3Br)n2)CC1. The molecule has 3 rings (SSSR count). The lowest BCUT2D eigenvalue weighted by Gasteiger charge is -2.27. The van der Waals surface area contributed by atoms with E-state index in [9.17, 15) is 9.59 Å². The van der Waals surface area contributed by atoms with Crippen LogP contribution in [-0.2, 0) is 6.42 Å². The summed E-state index contributed by atoms with van der Waals surface area (Å²) in [5.74, 6) is 0.130. The number of benzene rings is 1. The van der Waals surface area contributed by atoms with Gasteiger partial charge in [0, 0.05) is 21.6 Å². The van der Waals surface area contributed by atoms with Gasteiger partial charge in [0.15, 0.2) is 11.6 Å². The summed E-state index contributed by atoms with van der Waals surface area (Å²) in [4.78, 5) is 31.9. The number of halogens is 1. The van der Waals surface area contributed by atoms with Gasteiger partial charge in [0.2, 0.25) is 0 Å². The quantitative estimate of drug-likeness (QED) is 0.716. The molecule has 0 atom stereocenters. The van der Waals surface area contributed by atoms with Crippen LogP contribution in [0.1, 0.15) is 39.4 Å². The Kier molecular flexibility index (Phi) is 5.76. The molecule has 4 nitrogen and oxygen atoms in total. The molecule has 0 aliphatic carbocycles. The first-order valence-corrected chi connectivity index (χ1v) is 9.30. The van der Waals surface area contributed by atoms with Crippen LogP contribution in [0, 0.1) is 5.92 Å². The van der Waals surface area contributed by atoms with Gasteiger partial charge in [-0.15, -0.1) is 0 Å². The Balaban J connectivity index is 1.72. The Bertz CT molecular complexity index is 783. The van der Waals surface area contributed by atoms with Crippen molar-refractivity contribution in [1.82, 2.24) is 9.88 Å². The molecule has 0 amide bonds. The average molecular weight is 401 g/mol. The highest BCUT2D eigenvalue weighted by molar-refractivity contribution is 9.10. The Labute approximate surface area is 156 Å². The van der Waals surface area contributed by atoms with Crippen molar-refractivity contribution in [3.63, 3.8) is 0 Å². The minimum absolute atomic E-state index is 0.0103. The van der Waals surface area contributed by atoms with Crippen LogP contribution in [0.2, 0.25) is 0 Å². The predicted octanol–water partition coefficient (Wildman–Crippen LogP) is 3.79. The molecule has 1 aliphatic rings. The zero-order valence-electron chi connectivity index (χ0n) is 14.2. The smallest absolute Gasteiger partial charge is 0.184 e. The third kappa shape index (κ3) is 4.41. The molecule has 0 bridgehead atoms. The summed E-state index contributed by atoms with van der Waals surface area (Å²) in [7, 11) is 2.08. The van der Waals surface area contributed by atoms with Gasteiger partial charge in [-0.1, -0.05) is 40.2 Å². The van der Waals surface area contributed by atoms with Crippen molar-refractivity contribution in [2.45, 2.75) is 19.3 Å². The monoisotopic (exact) mass is 400 g/mol. The molecule has 1 aliphatic heterocycles. The molecular weight excluding hydrogens is 380 g/mol. The Morgan fingerprint density at radius 3 is 2.56 bits per heavy atom. The number of hydrogen-bond acceptors (Lipinski definition) is 4. The maximum Gasteiger partial charge on any atom is 0.184 e. The molecule has 5 heteroatoms. The third-order valence-electron chi connectivity index (χ3n) is 4.66. The maximum atomic E-state index is 12.7. The number of carbonyl (C=O) groups excluding carboxylic acids is 2. The van der Waals surface area contributed by atoms with E-state index in [-0.39, 0.29) is 23.9 Å². The van der Waals surface area contributed by atoms with Crippen molar-refractivity contribution in [1.29, 1.82) is 0 Å². The summed E-state index contributed by atoms with van der Waals surface area (Å²) < 4.78 is 0.776. The van der Waals surface area contributed by atoms with Crippen molar-refractivity contribution in [3.05, 3.63) is 63.9 Å². The number of Topliss-reactive ketones (excluding diaryl/α,β-unsaturated/α-hetero) is 2. The molecule has 0 radical (unpaired) electrons. The van der Waals surface area contributed by atoms with Crippen molar-refractivity contribution < 1.29 is 9.59 Å². The highest BCUT2D eigenvalue weighted by atomic mass is 79.9. The van der Waals surface area contributed by atoms with Crippen LogP contribution in [0.4, 0.5) is 0 Å². The maximum absolute atomic E-state index is 12.7. The van der Waals surface area contributed by atoms with Crippen molar-refractivity contribution in [3.8, 4) is 0 Å². The van der Waals surface area contributed by atoms with Crippen LogP contribution in [0.15, 0.2) is 46.9 Å². The number of rotatable bonds is 5. The zero-order valence-corrected chi connectivity index (χ0v) is 15.8. The summed E-state index contributed by atoms with van der Waals surface area (Å²) in [6, 6.07) is 12.7. The summed E-state index contributed by atoms with van der Waals surface area (Å²) >= 11 is 3.41. The second-order valence-electron chi connectivity index (χ2n) is 6.54. The first-order valence-electron chi connectivity index (χ1n) is 8.51. The fourth-order valence-electron chi connectivity index (χ4n) is 3.14. The van der Waals surface area contributed by atoms with Crippen LogP contribution in [-0.4, -0.2) is 41.6 Å². The number of likely N-dealkylation sites (tertiary alicyclic amines) is 1. The van der Waals surface area contributed by atoms with Crippen LogP contribution >= 0.6 is 15.9 Å². The van der Waals surface area contributed by atoms with Gasteiger partial charge in [-0.25, -0.2) is 4.98 Å². The van der Waals surface area contributed by atoms with Crippen LogP contribution in [0.5, 0.6) is 0 Å². The molecule has 0 N–H and O–H groups in total. The third-order valence-corrected chi connectivity index (χ3v) is 5.36. The molecule has 1 aromatic heterocycles. The molecule has 1 aromatic carbocycles. The van der Waals surface area contributed by atoms with Gasteiger partial charge in [0.25, 0.3) is 0 Å². The fraction of sp³-hybridized carbons (Fsp3) is 0.350. The predicted molar refractivity (Wildman–Crippen MR) is 101 cm³/mol. The number of aromatic nitrogens is 1. The van der Waals surface area contributed by atoms with E-state index in [0.29, 0.717) is 17.0 Å². The number of pyridine rings is 1. The minimum atomic E-state index is -0.0103. The first-order chi connectivity index (χ1) is 12.0. The Morgan fingerprint density at radius 1 is 1.12 bits per heavy atom. The molecule has 2 aromatic rings. The van der Waals surface area contributed by atoms with Crippen molar-refractivity contribution in [2.24, 2.45) is 5.92 Å². The van der Waals surface area contributed by atoms with Crippen LogP contribution < -0.4 is 0 Å². The summed E-state index contributed by atoms with van der Waals surface area (Å²) in [5, 5.41) is 0. The standard InChI is InChI=1S/C20H21BrN2O2/c1-23-11-9-14(10-12-23)20(25)18-8-4-5-15(22-18)13-19(24)16-6-2-3-7-17(16)21/h2-8,14H,9-13H2,1H3. The Hall–Kier alpha value is -1.85. The normalized spacial score (nSPS) is 15.9. The van der Waals surface area contributed by atoms with E-state index in [2.05, 4.69) is 32.9 Å².